The van der Waals surface area contributed by atoms with Crippen molar-refractivity contribution in [1.82, 2.24) is 4.57 Å². The van der Waals surface area contributed by atoms with Crippen LogP contribution in [0.15, 0.2) is 71.7 Å². The van der Waals surface area contributed by atoms with E-state index in [0.717, 1.165) is 12.0 Å². The highest BCUT2D eigenvalue weighted by molar-refractivity contribution is 6.04. The zero-order valence-electron chi connectivity index (χ0n) is 15.4. The average Bonchev–Trinajstić information content (AvgIpc) is 2.70. The smallest absolute Gasteiger partial charge is 0.263 e. The molecule has 0 bridgehead atoms. The molecular weight excluding hydrogens is 340 g/mol. The summed E-state index contributed by atoms with van der Waals surface area (Å²) < 4.78 is 6.78. The number of methoxy groups -OCH3 is 1. The van der Waals surface area contributed by atoms with Gasteiger partial charge in [-0.25, -0.2) is 0 Å². The van der Waals surface area contributed by atoms with Gasteiger partial charge in [0, 0.05) is 6.20 Å². The van der Waals surface area contributed by atoms with Crippen molar-refractivity contribution in [2.45, 2.75) is 19.9 Å². The monoisotopic (exact) mass is 362 g/mol. The molecule has 27 heavy (non-hydrogen) atoms. The molecule has 1 heterocycles. The number of hydrogen-bond donors (Lipinski definition) is 1. The summed E-state index contributed by atoms with van der Waals surface area (Å²) >= 11 is 0. The second-order valence-electron chi connectivity index (χ2n) is 6.18. The number of pyridine rings is 1. The summed E-state index contributed by atoms with van der Waals surface area (Å²) in [6.45, 7) is 2.52. The molecule has 3 rings (SSSR count). The summed E-state index contributed by atoms with van der Waals surface area (Å²) in [4.78, 5) is 25.4. The largest absolute Gasteiger partial charge is 0.495 e. The predicted octanol–water partition coefficient (Wildman–Crippen LogP) is 3.72. The Morgan fingerprint density at radius 3 is 2.41 bits per heavy atom. The van der Waals surface area contributed by atoms with Crippen molar-refractivity contribution >= 4 is 11.6 Å². The van der Waals surface area contributed by atoms with E-state index in [1.54, 1.807) is 30.5 Å². The lowest BCUT2D eigenvalue weighted by Gasteiger charge is -2.11. The maximum atomic E-state index is 12.8. The van der Waals surface area contributed by atoms with Gasteiger partial charge >= 0.3 is 0 Å². The van der Waals surface area contributed by atoms with Crippen molar-refractivity contribution in [3.8, 4) is 5.75 Å². The number of aryl methyl sites for hydroxylation is 1. The number of nitrogens with zero attached hydrogens (tertiary/aromatic N) is 1. The van der Waals surface area contributed by atoms with Gasteiger partial charge in [0.2, 0.25) is 0 Å². The van der Waals surface area contributed by atoms with Crippen LogP contribution in [0.25, 0.3) is 0 Å². The Kier molecular flexibility index (Phi) is 5.71. The Morgan fingerprint density at radius 2 is 1.70 bits per heavy atom. The molecule has 2 aromatic carbocycles. The second-order valence-corrected chi connectivity index (χ2v) is 6.18. The van der Waals surface area contributed by atoms with E-state index in [1.165, 1.54) is 23.3 Å². The molecule has 0 saturated heterocycles. The number of amides is 1. The van der Waals surface area contributed by atoms with Crippen LogP contribution in [0.1, 0.15) is 28.4 Å². The summed E-state index contributed by atoms with van der Waals surface area (Å²) in [5.74, 6) is 0.0818. The molecule has 5 nitrogen and oxygen atoms in total. The molecule has 3 aromatic rings. The van der Waals surface area contributed by atoms with E-state index in [1.807, 2.05) is 18.2 Å². The van der Waals surface area contributed by atoms with Crippen LogP contribution in [0.2, 0.25) is 0 Å². The van der Waals surface area contributed by atoms with Crippen LogP contribution in [-0.2, 0) is 13.0 Å². The number of para-hydroxylation sites is 2. The number of aromatic nitrogens is 1. The summed E-state index contributed by atoms with van der Waals surface area (Å²) in [6.07, 6.45) is 2.66. The number of carbonyl (C=O) groups is 1. The molecule has 138 valence electrons. The van der Waals surface area contributed by atoms with Crippen LogP contribution in [-0.4, -0.2) is 17.6 Å². The topological polar surface area (TPSA) is 60.3 Å². The van der Waals surface area contributed by atoms with Crippen molar-refractivity contribution in [3.05, 3.63) is 93.9 Å². The Labute approximate surface area is 158 Å². The van der Waals surface area contributed by atoms with Gasteiger partial charge in [0.15, 0.2) is 0 Å². The number of benzene rings is 2. The highest BCUT2D eigenvalue weighted by Gasteiger charge is 2.14. The highest BCUT2D eigenvalue weighted by atomic mass is 16.5. The molecule has 5 heteroatoms. The number of ether oxygens (including phenoxy) is 1. The second kappa shape index (κ2) is 8.36. The molecular formula is C22H22N2O3. The van der Waals surface area contributed by atoms with E-state index in [-0.39, 0.29) is 11.1 Å². The number of nitrogens with one attached hydrogen (secondary N) is 1. The van der Waals surface area contributed by atoms with Gasteiger partial charge in [-0.15, -0.1) is 0 Å². The average molecular weight is 362 g/mol. The third kappa shape index (κ3) is 4.26. The third-order valence-corrected chi connectivity index (χ3v) is 4.40. The predicted molar refractivity (Wildman–Crippen MR) is 107 cm³/mol. The Bertz CT molecular complexity index is 991. The van der Waals surface area contributed by atoms with Gasteiger partial charge in [0.1, 0.15) is 11.3 Å². The van der Waals surface area contributed by atoms with Gasteiger partial charge in [0.05, 0.1) is 19.3 Å². The van der Waals surface area contributed by atoms with E-state index in [9.17, 15) is 9.59 Å². The molecule has 0 aliphatic carbocycles. The van der Waals surface area contributed by atoms with Gasteiger partial charge in [0.25, 0.3) is 11.5 Å². The SMILES string of the molecule is CCc1ccc(Cn2cccc(C(=O)Nc3ccccc3OC)c2=O)cc1. The fourth-order valence-electron chi connectivity index (χ4n) is 2.85. The minimum Gasteiger partial charge on any atom is -0.495 e. The molecule has 0 saturated carbocycles. The molecule has 0 aliphatic rings. The molecule has 1 aromatic heterocycles. The molecule has 0 fully saturated rings. The highest BCUT2D eigenvalue weighted by Crippen LogP contribution is 2.23. The van der Waals surface area contributed by atoms with Crippen LogP contribution >= 0.6 is 0 Å². The van der Waals surface area contributed by atoms with E-state index in [0.29, 0.717) is 18.0 Å². The first kappa shape index (κ1) is 18.5. The van der Waals surface area contributed by atoms with Crippen molar-refractivity contribution < 1.29 is 9.53 Å². The maximum Gasteiger partial charge on any atom is 0.263 e. The van der Waals surface area contributed by atoms with Gasteiger partial charge in [-0.1, -0.05) is 43.3 Å². The fraction of sp³-hybridized carbons (Fsp3) is 0.182. The first-order chi connectivity index (χ1) is 13.1. The molecule has 0 radical (unpaired) electrons. The number of carbonyl (C=O) groups excluding carboxylic acids is 1. The first-order valence-electron chi connectivity index (χ1n) is 8.84. The Hall–Kier alpha value is -3.34. The zero-order valence-corrected chi connectivity index (χ0v) is 15.4. The van der Waals surface area contributed by atoms with Crippen molar-refractivity contribution in [2.75, 3.05) is 12.4 Å². The lowest BCUT2D eigenvalue weighted by Crippen LogP contribution is -2.29. The lowest BCUT2D eigenvalue weighted by molar-refractivity contribution is 0.102. The van der Waals surface area contributed by atoms with Crippen molar-refractivity contribution in [1.29, 1.82) is 0 Å². The Balaban J connectivity index is 1.83. The number of anilines is 1. The zero-order chi connectivity index (χ0) is 19.2. The van der Waals surface area contributed by atoms with E-state index >= 15 is 0 Å². The van der Waals surface area contributed by atoms with Gasteiger partial charge in [-0.05, 0) is 41.8 Å². The lowest BCUT2D eigenvalue weighted by atomic mass is 10.1. The van der Waals surface area contributed by atoms with Crippen LogP contribution < -0.4 is 15.6 Å². The standard InChI is InChI=1S/C22H22N2O3/c1-3-16-10-12-17(13-11-16)15-24-14-6-7-18(22(24)26)21(25)23-19-8-4-5-9-20(19)27-2/h4-14H,3,15H2,1-2H3,(H,23,25). The summed E-state index contributed by atoms with van der Waals surface area (Å²) in [7, 11) is 1.53. The Morgan fingerprint density at radius 1 is 1.00 bits per heavy atom. The quantitative estimate of drug-likeness (QED) is 0.727. The molecule has 0 aliphatic heterocycles. The minimum atomic E-state index is -0.458. The van der Waals surface area contributed by atoms with Crippen LogP contribution in [0.4, 0.5) is 5.69 Å². The van der Waals surface area contributed by atoms with E-state index < -0.39 is 5.91 Å². The normalized spacial score (nSPS) is 10.4. The van der Waals surface area contributed by atoms with Crippen LogP contribution in [0.5, 0.6) is 5.75 Å². The molecule has 0 atom stereocenters. The van der Waals surface area contributed by atoms with Gasteiger partial charge in [-0.3, -0.25) is 9.59 Å². The first-order valence-corrected chi connectivity index (χ1v) is 8.84. The summed E-state index contributed by atoms with van der Waals surface area (Å²) in [6, 6.07) is 18.4. The van der Waals surface area contributed by atoms with Crippen molar-refractivity contribution in [3.63, 3.8) is 0 Å². The van der Waals surface area contributed by atoms with Gasteiger partial charge < -0.3 is 14.6 Å². The minimum absolute atomic E-state index is 0.0913. The summed E-state index contributed by atoms with van der Waals surface area (Å²) in [5.41, 5.74) is 2.54. The van der Waals surface area contributed by atoms with Crippen LogP contribution in [0, 0.1) is 0 Å². The fourth-order valence-corrected chi connectivity index (χ4v) is 2.85. The maximum absolute atomic E-state index is 12.8. The van der Waals surface area contributed by atoms with Crippen LogP contribution in [0.3, 0.4) is 0 Å². The van der Waals surface area contributed by atoms with E-state index in [4.69, 9.17) is 4.74 Å². The third-order valence-electron chi connectivity index (χ3n) is 4.40. The molecule has 1 N–H and O–H groups in total. The van der Waals surface area contributed by atoms with E-state index in [2.05, 4.69) is 24.4 Å². The molecule has 0 spiro atoms. The molecule has 0 unspecified atom stereocenters. The molecule has 1 amide bonds. The van der Waals surface area contributed by atoms with Gasteiger partial charge in [-0.2, -0.15) is 0 Å². The summed E-state index contributed by atoms with van der Waals surface area (Å²) in [5, 5.41) is 2.75. The number of rotatable bonds is 6. The number of hydrogen-bond acceptors (Lipinski definition) is 3. The van der Waals surface area contributed by atoms with Crippen molar-refractivity contribution in [2.24, 2.45) is 0 Å².